The minimum atomic E-state index is -3.01. The highest BCUT2D eigenvalue weighted by Crippen LogP contribution is 2.23. The SMILES string of the molecule is CCOc1ccc(N)c(S(=O)CCCS(=O)(=O)CC)c1. The number of benzene rings is 1. The van der Waals surface area contributed by atoms with Gasteiger partial charge in [-0.1, -0.05) is 6.92 Å². The maximum atomic E-state index is 12.2. The van der Waals surface area contributed by atoms with E-state index in [1.165, 1.54) is 0 Å². The first-order valence-electron chi connectivity index (χ1n) is 6.50. The number of anilines is 1. The maximum Gasteiger partial charge on any atom is 0.150 e. The zero-order valence-corrected chi connectivity index (χ0v) is 13.4. The van der Waals surface area contributed by atoms with Crippen LogP contribution in [0.15, 0.2) is 23.1 Å². The Kier molecular flexibility index (Phi) is 6.48. The van der Waals surface area contributed by atoms with Crippen molar-refractivity contribution in [2.75, 3.05) is 29.6 Å². The summed E-state index contributed by atoms with van der Waals surface area (Å²) in [6.07, 6.45) is 0.362. The Morgan fingerprint density at radius 3 is 2.60 bits per heavy atom. The van der Waals surface area contributed by atoms with Gasteiger partial charge in [0.25, 0.3) is 0 Å². The fourth-order valence-electron chi connectivity index (χ4n) is 1.63. The zero-order chi connectivity index (χ0) is 15.2. The van der Waals surface area contributed by atoms with E-state index >= 15 is 0 Å². The molecular weight excluding hydrogens is 298 g/mol. The van der Waals surface area contributed by atoms with Crippen molar-refractivity contribution in [3.8, 4) is 5.75 Å². The lowest BCUT2D eigenvalue weighted by molar-refractivity contribution is 0.339. The summed E-state index contributed by atoms with van der Waals surface area (Å²) < 4.78 is 40.3. The molecule has 20 heavy (non-hydrogen) atoms. The Morgan fingerprint density at radius 1 is 1.30 bits per heavy atom. The molecule has 0 amide bonds. The Labute approximate surface area is 122 Å². The van der Waals surface area contributed by atoms with Crippen LogP contribution in [0.5, 0.6) is 5.75 Å². The monoisotopic (exact) mass is 319 g/mol. The van der Waals surface area contributed by atoms with Gasteiger partial charge in [0.15, 0.2) is 0 Å². The van der Waals surface area contributed by atoms with E-state index in [9.17, 15) is 12.6 Å². The quantitative estimate of drug-likeness (QED) is 0.736. The second kappa shape index (κ2) is 7.64. The van der Waals surface area contributed by atoms with Gasteiger partial charge in [0, 0.05) is 17.2 Å². The maximum absolute atomic E-state index is 12.2. The summed E-state index contributed by atoms with van der Waals surface area (Å²) in [6.45, 7) is 3.99. The van der Waals surface area contributed by atoms with Gasteiger partial charge < -0.3 is 10.5 Å². The molecule has 1 rings (SSSR count). The van der Waals surface area contributed by atoms with Crippen LogP contribution >= 0.6 is 0 Å². The van der Waals surface area contributed by atoms with Crippen LogP contribution in [0.25, 0.3) is 0 Å². The van der Waals surface area contributed by atoms with Gasteiger partial charge in [0.2, 0.25) is 0 Å². The number of rotatable bonds is 8. The van der Waals surface area contributed by atoms with E-state index in [1.54, 1.807) is 25.1 Å². The van der Waals surface area contributed by atoms with Gasteiger partial charge in [-0.25, -0.2) is 8.42 Å². The van der Waals surface area contributed by atoms with Gasteiger partial charge in [-0.15, -0.1) is 0 Å². The summed E-state index contributed by atoms with van der Waals surface area (Å²) in [7, 11) is -4.33. The minimum absolute atomic E-state index is 0.0558. The van der Waals surface area contributed by atoms with E-state index < -0.39 is 20.6 Å². The summed E-state index contributed by atoms with van der Waals surface area (Å²) in [5.74, 6) is 1.06. The van der Waals surface area contributed by atoms with Crippen molar-refractivity contribution in [1.82, 2.24) is 0 Å². The average molecular weight is 319 g/mol. The van der Waals surface area contributed by atoms with Crippen LogP contribution < -0.4 is 10.5 Å². The highest BCUT2D eigenvalue weighted by Gasteiger charge is 2.12. The molecule has 5 nitrogen and oxygen atoms in total. The Bertz CT molecular complexity index is 570. The first kappa shape index (κ1) is 17.0. The van der Waals surface area contributed by atoms with E-state index in [2.05, 4.69) is 0 Å². The molecule has 1 aromatic carbocycles. The highest BCUT2D eigenvalue weighted by molar-refractivity contribution is 7.91. The summed E-state index contributed by atoms with van der Waals surface area (Å²) in [4.78, 5) is 0.504. The van der Waals surface area contributed by atoms with Crippen molar-refractivity contribution in [2.24, 2.45) is 0 Å². The van der Waals surface area contributed by atoms with Crippen molar-refractivity contribution in [3.05, 3.63) is 18.2 Å². The Balaban J connectivity index is 2.70. The number of ether oxygens (including phenoxy) is 1. The fourth-order valence-corrected chi connectivity index (χ4v) is 3.89. The van der Waals surface area contributed by atoms with Gasteiger partial charge in [0.1, 0.15) is 15.6 Å². The van der Waals surface area contributed by atoms with Gasteiger partial charge in [-0.3, -0.25) is 4.21 Å². The molecule has 7 heteroatoms. The normalized spacial score (nSPS) is 13.1. The zero-order valence-electron chi connectivity index (χ0n) is 11.8. The molecule has 0 saturated carbocycles. The second-order valence-electron chi connectivity index (χ2n) is 4.27. The van der Waals surface area contributed by atoms with Gasteiger partial charge >= 0.3 is 0 Å². The van der Waals surface area contributed by atoms with Gasteiger partial charge in [-0.2, -0.15) is 0 Å². The summed E-state index contributed by atoms with van der Waals surface area (Å²) in [5.41, 5.74) is 6.24. The van der Waals surface area contributed by atoms with Crippen molar-refractivity contribution in [2.45, 2.75) is 25.2 Å². The number of sulfone groups is 1. The molecule has 0 saturated heterocycles. The number of hydrogen-bond acceptors (Lipinski definition) is 5. The second-order valence-corrected chi connectivity index (χ2v) is 8.28. The van der Waals surface area contributed by atoms with Gasteiger partial charge in [0.05, 0.1) is 28.1 Å². The number of hydrogen-bond donors (Lipinski definition) is 1. The van der Waals surface area contributed by atoms with Crippen LogP contribution in [0.4, 0.5) is 5.69 Å². The summed E-state index contributed by atoms with van der Waals surface area (Å²) >= 11 is 0. The standard InChI is InChI=1S/C13H21NO4S2/c1-3-18-11-6-7-12(14)13(10-11)19(15)8-5-9-20(16,17)4-2/h6-7,10H,3-5,8-9,14H2,1-2H3. The molecule has 114 valence electrons. The average Bonchev–Trinajstić information content (AvgIpc) is 2.41. The molecule has 0 aliphatic rings. The molecule has 0 spiro atoms. The first-order chi connectivity index (χ1) is 9.39. The molecule has 0 bridgehead atoms. The van der Waals surface area contributed by atoms with E-state index in [-0.39, 0.29) is 17.3 Å². The van der Waals surface area contributed by atoms with Crippen LogP contribution in [0, 0.1) is 0 Å². The molecule has 1 aromatic rings. The molecule has 0 aromatic heterocycles. The van der Waals surface area contributed by atoms with E-state index in [4.69, 9.17) is 10.5 Å². The largest absolute Gasteiger partial charge is 0.494 e. The molecule has 0 heterocycles. The predicted octanol–water partition coefficient (Wildman–Crippen LogP) is 1.60. The number of nitrogen functional groups attached to an aromatic ring is 1. The van der Waals surface area contributed by atoms with Crippen molar-refractivity contribution in [1.29, 1.82) is 0 Å². The third-order valence-electron chi connectivity index (χ3n) is 2.77. The lowest BCUT2D eigenvalue weighted by Crippen LogP contribution is -2.12. The third kappa shape index (κ3) is 5.13. The first-order valence-corrected chi connectivity index (χ1v) is 9.64. The topological polar surface area (TPSA) is 86.5 Å². The lowest BCUT2D eigenvalue weighted by Gasteiger charge is -2.09. The van der Waals surface area contributed by atoms with Crippen LogP contribution in [-0.4, -0.2) is 36.5 Å². The van der Waals surface area contributed by atoms with Crippen molar-refractivity contribution in [3.63, 3.8) is 0 Å². The molecule has 0 radical (unpaired) electrons. The van der Waals surface area contributed by atoms with E-state index in [0.717, 1.165) is 0 Å². The minimum Gasteiger partial charge on any atom is -0.494 e. The van der Waals surface area contributed by atoms with Crippen LogP contribution in [-0.2, 0) is 20.6 Å². The Hall–Kier alpha value is -1.08. The van der Waals surface area contributed by atoms with Crippen LogP contribution in [0.3, 0.4) is 0 Å². The van der Waals surface area contributed by atoms with Crippen LogP contribution in [0.1, 0.15) is 20.3 Å². The lowest BCUT2D eigenvalue weighted by atomic mass is 10.3. The molecular formula is C13H21NO4S2. The third-order valence-corrected chi connectivity index (χ3v) is 6.06. The fraction of sp³-hybridized carbons (Fsp3) is 0.538. The molecule has 1 unspecified atom stereocenters. The molecule has 0 aliphatic heterocycles. The van der Waals surface area contributed by atoms with Gasteiger partial charge in [-0.05, 0) is 31.5 Å². The van der Waals surface area contributed by atoms with Crippen molar-refractivity contribution < 1.29 is 17.4 Å². The molecule has 2 N–H and O–H groups in total. The predicted molar refractivity (Wildman–Crippen MR) is 82.2 cm³/mol. The molecule has 1 atom stereocenters. The van der Waals surface area contributed by atoms with E-state index in [0.29, 0.717) is 29.4 Å². The number of nitrogens with two attached hydrogens (primary N) is 1. The van der Waals surface area contributed by atoms with Crippen molar-refractivity contribution >= 4 is 26.3 Å². The smallest absolute Gasteiger partial charge is 0.150 e. The highest BCUT2D eigenvalue weighted by atomic mass is 32.2. The summed E-state index contributed by atoms with van der Waals surface area (Å²) in [6, 6.07) is 5.03. The van der Waals surface area contributed by atoms with E-state index in [1.807, 2.05) is 6.92 Å². The van der Waals surface area contributed by atoms with Crippen LogP contribution in [0.2, 0.25) is 0 Å². The molecule has 0 fully saturated rings. The molecule has 0 aliphatic carbocycles. The summed E-state index contributed by atoms with van der Waals surface area (Å²) in [5, 5.41) is 0. The Morgan fingerprint density at radius 2 is 2.00 bits per heavy atom.